The lowest BCUT2D eigenvalue weighted by atomic mass is 10.2. The van der Waals surface area contributed by atoms with Gasteiger partial charge in [0.1, 0.15) is 0 Å². The number of rotatable bonds is 4. The summed E-state index contributed by atoms with van der Waals surface area (Å²) in [7, 11) is 0. The van der Waals surface area contributed by atoms with Crippen LogP contribution in [0, 0.1) is 0 Å². The molecule has 0 fully saturated rings. The van der Waals surface area contributed by atoms with Gasteiger partial charge in [-0.1, -0.05) is 0 Å². The Morgan fingerprint density at radius 2 is 2.05 bits per heavy atom. The van der Waals surface area contributed by atoms with Crippen LogP contribution in [0.1, 0.15) is 29.8 Å². The third-order valence-electron chi connectivity index (χ3n) is 2.82. The van der Waals surface area contributed by atoms with Crippen LogP contribution in [0.2, 0.25) is 0 Å². The van der Waals surface area contributed by atoms with E-state index >= 15 is 0 Å². The van der Waals surface area contributed by atoms with Crippen molar-refractivity contribution >= 4 is 11.9 Å². The molecule has 1 aromatic rings. The fraction of sp³-hybridized carbons (Fsp3) is 0.545. The Morgan fingerprint density at radius 1 is 1.32 bits per heavy atom. The molecule has 2 N–H and O–H groups in total. The third-order valence-corrected chi connectivity index (χ3v) is 2.82. The van der Waals surface area contributed by atoms with E-state index in [9.17, 15) is 18.0 Å². The lowest BCUT2D eigenvalue weighted by molar-refractivity contribution is -0.142. The maximum atomic E-state index is 12.9. The molecule has 0 saturated carbocycles. The second-order valence-electron chi connectivity index (χ2n) is 4.24. The number of nitrogens with zero attached hydrogens (tertiary/aromatic N) is 2. The fourth-order valence-corrected chi connectivity index (χ4v) is 2.03. The molecule has 0 spiro atoms. The maximum absolute atomic E-state index is 12.9. The minimum atomic E-state index is -4.51. The molecule has 0 amide bonds. The van der Waals surface area contributed by atoms with Crippen LogP contribution in [0.25, 0.3) is 0 Å². The molecule has 0 unspecified atom stereocenters. The van der Waals surface area contributed by atoms with Crippen LogP contribution < -0.4 is 5.32 Å². The standard InChI is InChI=1S/C11H12F3N3O2/c12-11(13,14)9-6-2-1-3-7(6)16-10(17-9)15-5-4-8(18)19/h1-5H2,(H,18,19)(H,15,16,17). The molecule has 8 heteroatoms. The van der Waals surface area contributed by atoms with Crippen molar-refractivity contribution in [1.29, 1.82) is 0 Å². The van der Waals surface area contributed by atoms with Crippen LogP contribution in [0.3, 0.4) is 0 Å². The minimum absolute atomic E-state index is 0.00851. The largest absolute Gasteiger partial charge is 0.481 e. The summed E-state index contributed by atoms with van der Waals surface area (Å²) in [4.78, 5) is 17.8. The van der Waals surface area contributed by atoms with Crippen molar-refractivity contribution in [1.82, 2.24) is 9.97 Å². The topological polar surface area (TPSA) is 75.1 Å². The Kier molecular flexibility index (Phi) is 3.59. The van der Waals surface area contributed by atoms with Crippen LogP contribution >= 0.6 is 0 Å². The lowest BCUT2D eigenvalue weighted by Gasteiger charge is -2.13. The van der Waals surface area contributed by atoms with E-state index in [4.69, 9.17) is 5.11 Å². The van der Waals surface area contributed by atoms with Crippen LogP contribution in [0.5, 0.6) is 0 Å². The number of nitrogens with one attached hydrogen (secondary N) is 1. The highest BCUT2D eigenvalue weighted by molar-refractivity contribution is 5.67. The first-order valence-electron chi connectivity index (χ1n) is 5.80. The summed E-state index contributed by atoms with van der Waals surface area (Å²) >= 11 is 0. The van der Waals surface area contributed by atoms with Gasteiger partial charge in [-0.15, -0.1) is 0 Å². The van der Waals surface area contributed by atoms with Gasteiger partial charge in [0.05, 0.1) is 6.42 Å². The summed E-state index contributed by atoms with van der Waals surface area (Å²) in [5.74, 6) is -1.20. The predicted octanol–water partition coefficient (Wildman–Crippen LogP) is 1.87. The van der Waals surface area contributed by atoms with Crippen molar-refractivity contribution in [3.63, 3.8) is 0 Å². The maximum Gasteiger partial charge on any atom is 0.433 e. The van der Waals surface area contributed by atoms with Gasteiger partial charge in [0.15, 0.2) is 5.69 Å². The lowest BCUT2D eigenvalue weighted by Crippen LogP contribution is -2.17. The SMILES string of the molecule is O=C(O)CCNc1nc2c(c(C(F)(F)F)n1)CCC2. The highest BCUT2D eigenvalue weighted by Gasteiger charge is 2.38. The van der Waals surface area contributed by atoms with Crippen LogP contribution in [0.4, 0.5) is 19.1 Å². The highest BCUT2D eigenvalue weighted by Crippen LogP contribution is 2.35. The predicted molar refractivity (Wildman–Crippen MR) is 59.8 cm³/mol. The van der Waals surface area contributed by atoms with Gasteiger partial charge in [-0.05, 0) is 19.3 Å². The molecule has 0 aromatic carbocycles. The van der Waals surface area contributed by atoms with E-state index in [0.717, 1.165) is 0 Å². The van der Waals surface area contributed by atoms with Crippen molar-refractivity contribution in [3.8, 4) is 0 Å². The highest BCUT2D eigenvalue weighted by atomic mass is 19.4. The van der Waals surface area contributed by atoms with E-state index in [2.05, 4.69) is 15.3 Å². The molecule has 0 aliphatic heterocycles. The number of hydrogen-bond acceptors (Lipinski definition) is 4. The quantitative estimate of drug-likeness (QED) is 0.877. The molecule has 0 atom stereocenters. The van der Waals surface area contributed by atoms with Crippen molar-refractivity contribution in [2.45, 2.75) is 31.9 Å². The fourth-order valence-electron chi connectivity index (χ4n) is 2.03. The van der Waals surface area contributed by atoms with Gasteiger partial charge in [-0.2, -0.15) is 13.2 Å². The zero-order valence-electron chi connectivity index (χ0n) is 9.92. The van der Waals surface area contributed by atoms with E-state index < -0.39 is 17.8 Å². The molecule has 0 saturated heterocycles. The monoisotopic (exact) mass is 275 g/mol. The number of alkyl halides is 3. The van der Waals surface area contributed by atoms with Gasteiger partial charge < -0.3 is 10.4 Å². The number of aliphatic carboxylic acids is 1. The Morgan fingerprint density at radius 3 is 2.68 bits per heavy atom. The number of halogens is 3. The zero-order valence-corrected chi connectivity index (χ0v) is 9.92. The first-order chi connectivity index (χ1) is 8.88. The van der Waals surface area contributed by atoms with Crippen molar-refractivity contribution in [2.75, 3.05) is 11.9 Å². The smallest absolute Gasteiger partial charge is 0.433 e. The molecule has 0 radical (unpaired) electrons. The summed E-state index contributed by atoms with van der Waals surface area (Å²) in [6.07, 6.45) is -3.26. The van der Waals surface area contributed by atoms with Crippen LogP contribution in [0.15, 0.2) is 0 Å². The number of carbonyl (C=O) groups is 1. The summed E-state index contributed by atoms with van der Waals surface area (Å²) in [6, 6.07) is 0. The van der Waals surface area contributed by atoms with Crippen molar-refractivity contribution < 1.29 is 23.1 Å². The van der Waals surface area contributed by atoms with Gasteiger partial charge in [-0.3, -0.25) is 4.79 Å². The van der Waals surface area contributed by atoms with Crippen molar-refractivity contribution in [2.24, 2.45) is 0 Å². The molecule has 104 valence electrons. The number of carboxylic acids is 1. The molecule has 2 rings (SSSR count). The number of aryl methyl sites for hydroxylation is 1. The van der Waals surface area contributed by atoms with Crippen molar-refractivity contribution in [3.05, 3.63) is 17.0 Å². The molecule has 1 heterocycles. The number of carboxylic acid groups (broad SMARTS) is 1. The van der Waals surface area contributed by atoms with E-state index in [0.29, 0.717) is 25.0 Å². The van der Waals surface area contributed by atoms with E-state index in [1.54, 1.807) is 0 Å². The average molecular weight is 275 g/mol. The van der Waals surface area contributed by atoms with E-state index in [-0.39, 0.29) is 24.5 Å². The molecule has 0 bridgehead atoms. The van der Waals surface area contributed by atoms with Crippen LogP contribution in [-0.2, 0) is 23.8 Å². The number of anilines is 1. The molecular formula is C11H12F3N3O2. The summed E-state index contributed by atoms with van der Waals surface area (Å²) in [6.45, 7) is -0.00851. The minimum Gasteiger partial charge on any atom is -0.481 e. The van der Waals surface area contributed by atoms with Crippen LogP contribution in [-0.4, -0.2) is 27.6 Å². The van der Waals surface area contributed by atoms with Gasteiger partial charge in [-0.25, -0.2) is 9.97 Å². The number of fused-ring (bicyclic) bond motifs is 1. The number of hydrogen-bond donors (Lipinski definition) is 2. The Balaban J connectivity index is 2.24. The van der Waals surface area contributed by atoms with E-state index in [1.807, 2.05) is 0 Å². The summed E-state index contributed by atoms with van der Waals surface area (Å²) in [5.41, 5.74) is -0.343. The Hall–Kier alpha value is -1.86. The second kappa shape index (κ2) is 5.02. The molecule has 1 aliphatic rings. The van der Waals surface area contributed by atoms with Gasteiger partial charge in [0.2, 0.25) is 5.95 Å². The Labute approximate surface area is 106 Å². The summed E-state index contributed by atoms with van der Waals surface area (Å²) < 4.78 is 38.6. The molecule has 5 nitrogen and oxygen atoms in total. The molecule has 19 heavy (non-hydrogen) atoms. The Bertz CT molecular complexity index is 503. The average Bonchev–Trinajstić information content (AvgIpc) is 2.73. The first kappa shape index (κ1) is 13.6. The normalized spacial score (nSPS) is 14.3. The van der Waals surface area contributed by atoms with Gasteiger partial charge in [0.25, 0.3) is 0 Å². The molecule has 1 aromatic heterocycles. The number of aromatic nitrogens is 2. The second-order valence-corrected chi connectivity index (χ2v) is 4.24. The van der Waals surface area contributed by atoms with Gasteiger partial charge >= 0.3 is 12.1 Å². The molecule has 1 aliphatic carbocycles. The zero-order chi connectivity index (χ0) is 14.0. The molecular weight excluding hydrogens is 263 g/mol. The third kappa shape index (κ3) is 3.12. The first-order valence-corrected chi connectivity index (χ1v) is 5.80. The summed E-state index contributed by atoms with van der Waals surface area (Å²) in [5, 5.41) is 11.0. The van der Waals surface area contributed by atoms with Gasteiger partial charge in [0, 0.05) is 17.8 Å². The van der Waals surface area contributed by atoms with E-state index in [1.165, 1.54) is 0 Å².